The van der Waals surface area contributed by atoms with Crippen molar-refractivity contribution in [1.29, 1.82) is 0 Å². The second kappa shape index (κ2) is 4.49. The van der Waals surface area contributed by atoms with E-state index in [1.807, 2.05) is 0 Å². The summed E-state index contributed by atoms with van der Waals surface area (Å²) >= 11 is 0. The molecule has 2 aliphatic rings. The Morgan fingerprint density at radius 1 is 1.35 bits per heavy atom. The standard InChI is InChI=1S/C14H16N2O4/c15-14(6-3-7-14)13(19)16-8-11(12(17)18)20-10-5-2-1-4-9(10)16/h1-2,4-5,11H,3,6-8,15H2,(H,17,18). The largest absolute Gasteiger partial charge is 0.478 e. The molecular weight excluding hydrogens is 260 g/mol. The van der Waals surface area contributed by atoms with Crippen molar-refractivity contribution in [2.45, 2.75) is 30.9 Å². The normalized spacial score (nSPS) is 23.2. The molecule has 1 aromatic rings. The van der Waals surface area contributed by atoms with Gasteiger partial charge in [0.1, 0.15) is 5.75 Å². The van der Waals surface area contributed by atoms with Crippen LogP contribution < -0.4 is 15.4 Å². The molecule has 1 saturated carbocycles. The number of rotatable bonds is 2. The Bertz CT molecular complexity index is 568. The lowest BCUT2D eigenvalue weighted by Crippen LogP contribution is -2.62. The third kappa shape index (κ3) is 1.92. The van der Waals surface area contributed by atoms with E-state index < -0.39 is 17.6 Å². The molecule has 1 heterocycles. The summed E-state index contributed by atoms with van der Waals surface area (Å²) in [6, 6.07) is 6.93. The number of nitrogens with two attached hydrogens (primary N) is 1. The van der Waals surface area contributed by atoms with Crippen LogP contribution in [0.3, 0.4) is 0 Å². The maximum absolute atomic E-state index is 12.6. The molecule has 3 rings (SSSR count). The second-order valence-electron chi connectivity index (χ2n) is 5.34. The molecule has 0 aromatic heterocycles. The molecular formula is C14H16N2O4. The number of para-hydroxylation sites is 2. The minimum Gasteiger partial charge on any atom is -0.478 e. The number of nitrogens with zero attached hydrogens (tertiary/aromatic N) is 1. The molecule has 1 aromatic carbocycles. The topological polar surface area (TPSA) is 92.9 Å². The number of carboxylic acids is 1. The van der Waals surface area contributed by atoms with E-state index in [-0.39, 0.29) is 12.5 Å². The van der Waals surface area contributed by atoms with Gasteiger partial charge in [0.25, 0.3) is 0 Å². The Morgan fingerprint density at radius 3 is 2.65 bits per heavy atom. The van der Waals surface area contributed by atoms with Gasteiger partial charge in [0.2, 0.25) is 12.0 Å². The number of hydrogen-bond donors (Lipinski definition) is 2. The smallest absolute Gasteiger partial charge is 0.346 e. The molecule has 1 atom stereocenters. The highest BCUT2D eigenvalue weighted by Crippen LogP contribution is 2.38. The summed E-state index contributed by atoms with van der Waals surface area (Å²) in [7, 11) is 0. The van der Waals surface area contributed by atoms with Crippen LogP contribution in [-0.2, 0) is 9.59 Å². The van der Waals surface area contributed by atoms with Gasteiger partial charge >= 0.3 is 5.97 Å². The van der Waals surface area contributed by atoms with E-state index >= 15 is 0 Å². The fourth-order valence-corrected chi connectivity index (χ4v) is 2.60. The fourth-order valence-electron chi connectivity index (χ4n) is 2.60. The SMILES string of the molecule is NC1(C(=O)N2CC(C(=O)O)Oc3ccccc32)CCC1. The predicted molar refractivity (Wildman–Crippen MR) is 71.6 cm³/mol. The predicted octanol–water partition coefficient (Wildman–Crippen LogP) is 0.747. The Balaban J connectivity index is 1.96. The summed E-state index contributed by atoms with van der Waals surface area (Å²) < 4.78 is 5.40. The summed E-state index contributed by atoms with van der Waals surface area (Å²) in [5.41, 5.74) is 5.81. The van der Waals surface area contributed by atoms with Gasteiger partial charge in [-0.25, -0.2) is 4.79 Å². The zero-order chi connectivity index (χ0) is 14.3. The van der Waals surface area contributed by atoms with Gasteiger partial charge in [0.15, 0.2) is 0 Å². The van der Waals surface area contributed by atoms with Crippen molar-refractivity contribution in [1.82, 2.24) is 0 Å². The molecule has 1 aliphatic carbocycles. The van der Waals surface area contributed by atoms with E-state index in [4.69, 9.17) is 15.6 Å². The Labute approximate surface area is 116 Å². The number of carboxylic acid groups (broad SMARTS) is 1. The minimum atomic E-state index is -1.09. The van der Waals surface area contributed by atoms with Crippen LogP contribution in [-0.4, -0.2) is 35.2 Å². The number of amides is 1. The number of aliphatic carboxylic acids is 1. The van der Waals surface area contributed by atoms with Gasteiger partial charge < -0.3 is 20.5 Å². The Morgan fingerprint density at radius 2 is 2.05 bits per heavy atom. The van der Waals surface area contributed by atoms with Gasteiger partial charge in [-0.2, -0.15) is 0 Å². The third-order valence-corrected chi connectivity index (χ3v) is 3.97. The van der Waals surface area contributed by atoms with Crippen molar-refractivity contribution in [3.8, 4) is 5.75 Å². The zero-order valence-electron chi connectivity index (χ0n) is 10.9. The highest BCUT2D eigenvalue weighted by molar-refractivity contribution is 6.02. The molecule has 0 bridgehead atoms. The van der Waals surface area contributed by atoms with Crippen molar-refractivity contribution in [3.05, 3.63) is 24.3 Å². The molecule has 1 fully saturated rings. The van der Waals surface area contributed by atoms with Crippen LogP contribution >= 0.6 is 0 Å². The van der Waals surface area contributed by atoms with E-state index in [9.17, 15) is 9.59 Å². The van der Waals surface area contributed by atoms with Crippen LogP contribution in [0.1, 0.15) is 19.3 Å². The van der Waals surface area contributed by atoms with Gasteiger partial charge in [0, 0.05) is 0 Å². The van der Waals surface area contributed by atoms with E-state index in [1.54, 1.807) is 24.3 Å². The first kappa shape index (κ1) is 12.9. The monoisotopic (exact) mass is 276 g/mol. The van der Waals surface area contributed by atoms with Crippen molar-refractivity contribution in [2.75, 3.05) is 11.4 Å². The van der Waals surface area contributed by atoms with Crippen LogP contribution in [0.25, 0.3) is 0 Å². The average Bonchev–Trinajstić information content (AvgIpc) is 2.42. The molecule has 106 valence electrons. The molecule has 3 N–H and O–H groups in total. The number of fused-ring (bicyclic) bond motifs is 1. The first-order valence-electron chi connectivity index (χ1n) is 6.61. The highest BCUT2D eigenvalue weighted by atomic mass is 16.5. The first-order chi connectivity index (χ1) is 9.51. The zero-order valence-corrected chi connectivity index (χ0v) is 10.9. The van der Waals surface area contributed by atoms with E-state index in [0.29, 0.717) is 24.3 Å². The molecule has 0 saturated heterocycles. The first-order valence-corrected chi connectivity index (χ1v) is 6.61. The van der Waals surface area contributed by atoms with E-state index in [1.165, 1.54) is 4.90 Å². The van der Waals surface area contributed by atoms with Gasteiger partial charge in [-0.1, -0.05) is 12.1 Å². The van der Waals surface area contributed by atoms with Crippen molar-refractivity contribution >= 4 is 17.6 Å². The van der Waals surface area contributed by atoms with Crippen molar-refractivity contribution in [3.63, 3.8) is 0 Å². The number of carbonyl (C=O) groups excluding carboxylic acids is 1. The summed E-state index contributed by atoms with van der Waals surface area (Å²) in [5.74, 6) is -0.898. The number of carbonyl (C=O) groups is 2. The summed E-state index contributed by atoms with van der Waals surface area (Å²) in [6.45, 7) is -0.00979. The second-order valence-corrected chi connectivity index (χ2v) is 5.34. The quantitative estimate of drug-likeness (QED) is 0.831. The van der Waals surface area contributed by atoms with Crippen LogP contribution in [0.2, 0.25) is 0 Å². The van der Waals surface area contributed by atoms with E-state index in [2.05, 4.69) is 0 Å². The van der Waals surface area contributed by atoms with Gasteiger partial charge in [-0.15, -0.1) is 0 Å². The maximum Gasteiger partial charge on any atom is 0.346 e. The van der Waals surface area contributed by atoms with Crippen LogP contribution in [0, 0.1) is 0 Å². The lowest BCUT2D eigenvalue weighted by molar-refractivity contribution is -0.145. The molecule has 6 nitrogen and oxygen atoms in total. The number of ether oxygens (including phenoxy) is 1. The van der Waals surface area contributed by atoms with E-state index in [0.717, 1.165) is 6.42 Å². The minimum absolute atomic E-state index is 0.00979. The Kier molecular flexibility index (Phi) is 2.90. The number of benzene rings is 1. The lowest BCUT2D eigenvalue weighted by Gasteiger charge is -2.42. The van der Waals surface area contributed by atoms with Gasteiger partial charge in [-0.05, 0) is 31.4 Å². The lowest BCUT2D eigenvalue weighted by atomic mass is 9.76. The maximum atomic E-state index is 12.6. The summed E-state index contributed by atoms with van der Waals surface area (Å²) in [6.07, 6.45) is 1.15. The molecule has 0 radical (unpaired) electrons. The highest BCUT2D eigenvalue weighted by Gasteiger charge is 2.46. The van der Waals surface area contributed by atoms with Crippen LogP contribution in [0.15, 0.2) is 24.3 Å². The van der Waals surface area contributed by atoms with Gasteiger partial charge in [-0.3, -0.25) is 4.79 Å². The fraction of sp³-hybridized carbons (Fsp3) is 0.429. The van der Waals surface area contributed by atoms with Crippen LogP contribution in [0.4, 0.5) is 5.69 Å². The van der Waals surface area contributed by atoms with Crippen molar-refractivity contribution in [2.24, 2.45) is 5.73 Å². The Hall–Kier alpha value is -2.08. The molecule has 1 unspecified atom stereocenters. The van der Waals surface area contributed by atoms with Crippen LogP contribution in [0.5, 0.6) is 5.75 Å². The molecule has 20 heavy (non-hydrogen) atoms. The van der Waals surface area contributed by atoms with Crippen molar-refractivity contribution < 1.29 is 19.4 Å². The summed E-state index contributed by atoms with van der Waals surface area (Å²) in [4.78, 5) is 25.2. The molecule has 1 amide bonds. The van der Waals surface area contributed by atoms with Gasteiger partial charge in [0.05, 0.1) is 17.8 Å². The summed E-state index contributed by atoms with van der Waals surface area (Å²) in [5, 5.41) is 9.14. The third-order valence-electron chi connectivity index (χ3n) is 3.97. The number of anilines is 1. The average molecular weight is 276 g/mol. The molecule has 0 spiro atoms. The molecule has 6 heteroatoms. The molecule has 1 aliphatic heterocycles. The number of hydrogen-bond acceptors (Lipinski definition) is 4.